The number of aromatic nitrogens is 2. The van der Waals surface area contributed by atoms with Crippen molar-refractivity contribution < 1.29 is 9.53 Å². The summed E-state index contributed by atoms with van der Waals surface area (Å²) in [6.45, 7) is 4.93. The molecule has 0 saturated carbocycles. The summed E-state index contributed by atoms with van der Waals surface area (Å²) in [5.74, 6) is 0.715. The van der Waals surface area contributed by atoms with E-state index in [-0.39, 0.29) is 11.9 Å². The van der Waals surface area contributed by atoms with E-state index in [4.69, 9.17) is 4.74 Å². The molecule has 0 aliphatic rings. The Labute approximate surface area is 147 Å². The lowest BCUT2D eigenvalue weighted by Crippen LogP contribution is -2.26. The van der Waals surface area contributed by atoms with Crippen molar-refractivity contribution in [1.29, 1.82) is 0 Å². The summed E-state index contributed by atoms with van der Waals surface area (Å²) in [7, 11) is 1.64. The zero-order valence-electron chi connectivity index (χ0n) is 14.8. The van der Waals surface area contributed by atoms with Crippen LogP contribution in [0.1, 0.15) is 42.2 Å². The first-order chi connectivity index (χ1) is 12.1. The van der Waals surface area contributed by atoms with Crippen molar-refractivity contribution in [2.75, 3.05) is 7.11 Å². The third-order valence-corrected chi connectivity index (χ3v) is 4.31. The minimum absolute atomic E-state index is 0.0869. The molecule has 1 amide bonds. The minimum atomic E-state index is -0.0975. The normalized spacial score (nSPS) is 12.1. The molecule has 0 aliphatic carbocycles. The molecule has 0 aliphatic heterocycles. The van der Waals surface area contributed by atoms with Gasteiger partial charge in [-0.2, -0.15) is 0 Å². The lowest BCUT2D eigenvalue weighted by molar-refractivity contribution is 0.0941. The molecule has 25 heavy (non-hydrogen) atoms. The van der Waals surface area contributed by atoms with E-state index in [1.807, 2.05) is 54.1 Å². The summed E-state index contributed by atoms with van der Waals surface area (Å²) < 4.78 is 7.22. The molecule has 0 unspecified atom stereocenters. The maximum absolute atomic E-state index is 12.8. The van der Waals surface area contributed by atoms with Gasteiger partial charge in [0.2, 0.25) is 0 Å². The Morgan fingerprint density at radius 1 is 1.28 bits per heavy atom. The van der Waals surface area contributed by atoms with Crippen LogP contribution in [0.3, 0.4) is 0 Å². The van der Waals surface area contributed by atoms with Crippen LogP contribution in [-0.4, -0.2) is 22.6 Å². The summed E-state index contributed by atoms with van der Waals surface area (Å²) in [6.07, 6.45) is 4.65. The van der Waals surface area contributed by atoms with E-state index < -0.39 is 0 Å². The molecule has 0 radical (unpaired) electrons. The van der Waals surface area contributed by atoms with Crippen LogP contribution < -0.4 is 10.1 Å². The molecule has 2 heterocycles. The fourth-order valence-electron chi connectivity index (χ4n) is 2.97. The maximum Gasteiger partial charge on any atom is 0.253 e. The van der Waals surface area contributed by atoms with Crippen molar-refractivity contribution in [1.82, 2.24) is 14.9 Å². The van der Waals surface area contributed by atoms with Gasteiger partial charge in [-0.1, -0.05) is 19.1 Å². The Balaban J connectivity index is 1.84. The number of pyridine rings is 1. The number of amides is 1. The van der Waals surface area contributed by atoms with Gasteiger partial charge in [0.05, 0.1) is 18.7 Å². The molecule has 2 aromatic heterocycles. The summed E-state index contributed by atoms with van der Waals surface area (Å²) in [4.78, 5) is 17.2. The minimum Gasteiger partial charge on any atom is -0.497 e. The summed E-state index contributed by atoms with van der Waals surface area (Å²) >= 11 is 0. The fourth-order valence-corrected chi connectivity index (χ4v) is 2.97. The van der Waals surface area contributed by atoms with E-state index >= 15 is 0 Å². The lowest BCUT2D eigenvalue weighted by Gasteiger charge is -2.14. The molecule has 3 rings (SSSR count). The maximum atomic E-state index is 12.8. The molecular formula is C20H23N3O2. The van der Waals surface area contributed by atoms with E-state index in [9.17, 15) is 4.79 Å². The predicted octanol–water partition coefficient (Wildman–Crippen LogP) is 3.95. The number of nitrogens with zero attached hydrogens (tertiary/aromatic N) is 2. The molecule has 3 aromatic rings. The third kappa shape index (κ3) is 3.50. The smallest absolute Gasteiger partial charge is 0.253 e. The molecule has 5 nitrogen and oxygen atoms in total. The predicted molar refractivity (Wildman–Crippen MR) is 98.9 cm³/mol. The molecule has 5 heteroatoms. The van der Waals surface area contributed by atoms with Crippen LogP contribution in [0.2, 0.25) is 0 Å². The van der Waals surface area contributed by atoms with Crippen LogP contribution in [-0.2, 0) is 6.54 Å². The van der Waals surface area contributed by atoms with Crippen LogP contribution >= 0.6 is 0 Å². The lowest BCUT2D eigenvalue weighted by atomic mass is 10.1. The van der Waals surface area contributed by atoms with E-state index in [1.165, 1.54) is 0 Å². The molecule has 1 aromatic carbocycles. The molecule has 0 bridgehead atoms. The third-order valence-electron chi connectivity index (χ3n) is 4.31. The number of rotatable bonds is 6. The highest BCUT2D eigenvalue weighted by Crippen LogP contribution is 2.22. The zero-order chi connectivity index (χ0) is 17.8. The molecular weight excluding hydrogens is 314 g/mol. The Kier molecular flexibility index (Phi) is 5.03. The van der Waals surface area contributed by atoms with Gasteiger partial charge in [0.15, 0.2) is 0 Å². The Bertz CT molecular complexity index is 868. The first-order valence-electron chi connectivity index (χ1n) is 8.52. The molecule has 130 valence electrons. The van der Waals surface area contributed by atoms with E-state index in [0.717, 1.165) is 35.3 Å². The number of aryl methyl sites for hydroxylation is 1. The van der Waals surface area contributed by atoms with Crippen LogP contribution in [0.25, 0.3) is 11.0 Å². The van der Waals surface area contributed by atoms with Gasteiger partial charge in [-0.3, -0.25) is 4.79 Å². The second-order valence-corrected chi connectivity index (χ2v) is 6.08. The number of benzene rings is 1. The van der Waals surface area contributed by atoms with Gasteiger partial charge >= 0.3 is 0 Å². The van der Waals surface area contributed by atoms with Gasteiger partial charge in [-0.15, -0.1) is 0 Å². The summed E-state index contributed by atoms with van der Waals surface area (Å²) in [5.41, 5.74) is 2.55. The molecule has 0 saturated heterocycles. The topological polar surface area (TPSA) is 56.2 Å². The molecule has 0 spiro atoms. The quantitative estimate of drug-likeness (QED) is 0.741. The molecule has 1 atom stereocenters. The van der Waals surface area contributed by atoms with E-state index in [2.05, 4.69) is 17.2 Å². The Morgan fingerprint density at radius 2 is 2.04 bits per heavy atom. The Hall–Kier alpha value is -2.82. The van der Waals surface area contributed by atoms with Crippen molar-refractivity contribution in [3.05, 3.63) is 59.9 Å². The van der Waals surface area contributed by atoms with E-state index in [0.29, 0.717) is 5.56 Å². The average Bonchev–Trinajstić information content (AvgIpc) is 3.01. The van der Waals surface area contributed by atoms with Crippen LogP contribution in [0.5, 0.6) is 5.75 Å². The van der Waals surface area contributed by atoms with Crippen LogP contribution in [0.4, 0.5) is 0 Å². The molecule has 0 fully saturated rings. The monoisotopic (exact) mass is 337 g/mol. The SMILES string of the molecule is CCCn1cc(C(=O)N[C@@H](C)c2ccc(OC)cc2)c2cccnc21. The number of methoxy groups -OCH3 is 1. The van der Waals surface area contributed by atoms with Gasteiger partial charge in [0, 0.05) is 24.3 Å². The van der Waals surface area contributed by atoms with Crippen molar-refractivity contribution in [2.24, 2.45) is 0 Å². The van der Waals surface area contributed by atoms with Gasteiger partial charge in [-0.05, 0) is 43.2 Å². The molecule has 1 N–H and O–H groups in total. The first-order valence-corrected chi connectivity index (χ1v) is 8.52. The second kappa shape index (κ2) is 7.38. The number of nitrogens with one attached hydrogen (secondary N) is 1. The largest absolute Gasteiger partial charge is 0.497 e. The number of ether oxygens (including phenoxy) is 1. The number of carbonyl (C=O) groups is 1. The van der Waals surface area contributed by atoms with Crippen molar-refractivity contribution in [3.8, 4) is 5.75 Å². The summed E-state index contributed by atoms with van der Waals surface area (Å²) in [5, 5.41) is 3.96. The first kappa shape index (κ1) is 17.0. The van der Waals surface area contributed by atoms with Gasteiger partial charge in [0.25, 0.3) is 5.91 Å². The highest BCUT2D eigenvalue weighted by atomic mass is 16.5. The number of hydrogen-bond acceptors (Lipinski definition) is 3. The zero-order valence-corrected chi connectivity index (χ0v) is 14.8. The van der Waals surface area contributed by atoms with Crippen molar-refractivity contribution >= 4 is 16.9 Å². The summed E-state index contributed by atoms with van der Waals surface area (Å²) in [6, 6.07) is 11.4. The van der Waals surface area contributed by atoms with E-state index in [1.54, 1.807) is 13.3 Å². The Morgan fingerprint density at radius 3 is 2.72 bits per heavy atom. The highest BCUT2D eigenvalue weighted by Gasteiger charge is 2.17. The van der Waals surface area contributed by atoms with Gasteiger partial charge in [0.1, 0.15) is 11.4 Å². The number of hydrogen-bond donors (Lipinski definition) is 1. The van der Waals surface area contributed by atoms with Crippen LogP contribution in [0, 0.1) is 0 Å². The van der Waals surface area contributed by atoms with Crippen LogP contribution in [0.15, 0.2) is 48.8 Å². The van der Waals surface area contributed by atoms with Gasteiger partial charge in [-0.25, -0.2) is 4.98 Å². The second-order valence-electron chi connectivity index (χ2n) is 6.08. The number of fused-ring (bicyclic) bond motifs is 1. The van der Waals surface area contributed by atoms with Crippen molar-refractivity contribution in [2.45, 2.75) is 32.9 Å². The number of carbonyl (C=O) groups excluding carboxylic acids is 1. The highest BCUT2D eigenvalue weighted by molar-refractivity contribution is 6.06. The fraction of sp³-hybridized carbons (Fsp3) is 0.300. The standard InChI is InChI=1S/C20H23N3O2/c1-4-12-23-13-18(17-6-5-11-21-19(17)23)20(24)22-14(2)15-7-9-16(25-3)10-8-15/h5-11,13-14H,4,12H2,1-3H3,(H,22,24)/t14-/m0/s1. The van der Waals surface area contributed by atoms with Crippen molar-refractivity contribution in [3.63, 3.8) is 0 Å². The van der Waals surface area contributed by atoms with Gasteiger partial charge < -0.3 is 14.6 Å². The average molecular weight is 337 g/mol.